The molecule has 2 aromatic rings. The molecule has 0 radical (unpaired) electrons. The Balaban J connectivity index is 2.51. The Morgan fingerprint density at radius 2 is 1.71 bits per heavy atom. The molecule has 1 N–H and O–H groups in total. The molecule has 6 nitrogen and oxygen atoms in total. The van der Waals surface area contributed by atoms with Gasteiger partial charge in [-0.05, 0) is 36.8 Å². The number of halogens is 1. The molecule has 2 aromatic carbocycles. The lowest BCUT2D eigenvalue weighted by atomic mass is 10.2. The Morgan fingerprint density at radius 3 is 2.29 bits per heavy atom. The molecule has 0 aliphatic heterocycles. The van der Waals surface area contributed by atoms with Gasteiger partial charge in [-0.15, -0.1) is 0 Å². The van der Waals surface area contributed by atoms with Crippen LogP contribution in [0.3, 0.4) is 0 Å². The van der Waals surface area contributed by atoms with Crippen molar-refractivity contribution in [2.45, 2.75) is 16.7 Å². The molecule has 130 valence electrons. The maximum atomic E-state index is 13.4. The molecule has 0 bridgehead atoms. The normalized spacial score (nSPS) is 12.0. The highest BCUT2D eigenvalue weighted by Crippen LogP contribution is 2.27. The highest BCUT2D eigenvalue weighted by atomic mass is 32.2. The van der Waals surface area contributed by atoms with Crippen molar-refractivity contribution in [3.05, 3.63) is 47.8 Å². The molecular weight excluding hydrogens is 357 g/mol. The number of hydrogen-bond acceptors (Lipinski definition) is 5. The average molecular weight is 373 g/mol. The van der Waals surface area contributed by atoms with Crippen molar-refractivity contribution in [3.8, 4) is 5.75 Å². The summed E-state index contributed by atoms with van der Waals surface area (Å²) in [6.45, 7) is 1.69. The summed E-state index contributed by atoms with van der Waals surface area (Å²) in [5.74, 6) is -0.936. The molecule has 0 spiro atoms. The smallest absolute Gasteiger partial charge is 0.262 e. The zero-order chi connectivity index (χ0) is 18.1. The van der Waals surface area contributed by atoms with Gasteiger partial charge in [-0.3, -0.25) is 4.72 Å². The van der Waals surface area contributed by atoms with Gasteiger partial charge in [-0.25, -0.2) is 21.2 Å². The van der Waals surface area contributed by atoms with Gasteiger partial charge in [0.2, 0.25) is 0 Å². The molecule has 0 unspecified atom stereocenters. The van der Waals surface area contributed by atoms with Crippen LogP contribution in [0.25, 0.3) is 0 Å². The molecule has 9 heteroatoms. The van der Waals surface area contributed by atoms with Gasteiger partial charge >= 0.3 is 0 Å². The highest BCUT2D eigenvalue weighted by Gasteiger charge is 2.21. The number of aryl methyl sites for hydroxylation is 1. The molecule has 0 saturated heterocycles. The van der Waals surface area contributed by atoms with Crippen molar-refractivity contribution in [3.63, 3.8) is 0 Å². The fourth-order valence-corrected chi connectivity index (χ4v) is 4.11. The zero-order valence-corrected chi connectivity index (χ0v) is 14.8. The lowest BCUT2D eigenvalue weighted by Crippen LogP contribution is -2.15. The van der Waals surface area contributed by atoms with E-state index in [0.717, 1.165) is 24.5 Å². The van der Waals surface area contributed by atoms with E-state index in [1.165, 1.54) is 19.2 Å². The largest absolute Gasteiger partial charge is 0.494 e. The molecule has 2 rings (SSSR count). The van der Waals surface area contributed by atoms with Crippen LogP contribution < -0.4 is 9.46 Å². The Labute approximate surface area is 140 Å². The summed E-state index contributed by atoms with van der Waals surface area (Å²) in [6, 6.07) is 7.36. The van der Waals surface area contributed by atoms with Gasteiger partial charge < -0.3 is 4.74 Å². The van der Waals surface area contributed by atoms with E-state index in [9.17, 15) is 21.2 Å². The minimum absolute atomic E-state index is 0.0774. The van der Waals surface area contributed by atoms with E-state index < -0.39 is 25.7 Å². The first-order valence-electron chi connectivity index (χ1n) is 6.71. The lowest BCUT2D eigenvalue weighted by molar-refractivity contribution is 0.385. The summed E-state index contributed by atoms with van der Waals surface area (Å²) >= 11 is 0. The van der Waals surface area contributed by atoms with Crippen molar-refractivity contribution in [1.82, 2.24) is 0 Å². The molecule has 0 aliphatic rings. The van der Waals surface area contributed by atoms with Gasteiger partial charge in [0.1, 0.15) is 0 Å². The fraction of sp³-hybridized carbons (Fsp3) is 0.200. The molecular formula is C15H16FNO5S2. The van der Waals surface area contributed by atoms with Crippen molar-refractivity contribution in [1.29, 1.82) is 0 Å². The number of sulfone groups is 1. The summed E-state index contributed by atoms with van der Waals surface area (Å²) in [4.78, 5) is -0.388. The minimum Gasteiger partial charge on any atom is -0.494 e. The highest BCUT2D eigenvalue weighted by molar-refractivity contribution is 7.93. The van der Waals surface area contributed by atoms with Crippen LogP contribution in [0.1, 0.15) is 5.56 Å². The molecule has 0 aromatic heterocycles. The maximum Gasteiger partial charge on any atom is 0.262 e. The number of rotatable bonds is 5. The summed E-state index contributed by atoms with van der Waals surface area (Å²) in [5, 5.41) is 0. The first kappa shape index (κ1) is 18.2. The van der Waals surface area contributed by atoms with Crippen LogP contribution in [0, 0.1) is 12.7 Å². The third-order valence-electron chi connectivity index (χ3n) is 3.21. The van der Waals surface area contributed by atoms with Crippen molar-refractivity contribution in [2.24, 2.45) is 0 Å². The van der Waals surface area contributed by atoms with Crippen LogP contribution in [0.2, 0.25) is 0 Å². The van der Waals surface area contributed by atoms with Gasteiger partial charge in [-0.2, -0.15) is 0 Å². The van der Waals surface area contributed by atoms with E-state index >= 15 is 0 Å². The van der Waals surface area contributed by atoms with Gasteiger partial charge in [0.05, 0.1) is 22.6 Å². The van der Waals surface area contributed by atoms with Crippen molar-refractivity contribution >= 4 is 25.5 Å². The SMILES string of the molecule is COc1cc(S(=O)(=O)Nc2ccc(C)cc2S(C)(=O)=O)ccc1F. The van der Waals surface area contributed by atoms with E-state index in [4.69, 9.17) is 4.74 Å². The second-order valence-corrected chi connectivity index (χ2v) is 8.84. The predicted octanol–water partition coefficient (Wildman–Crippen LogP) is 2.35. The third-order valence-corrected chi connectivity index (χ3v) is 5.71. The number of sulfonamides is 1. The van der Waals surface area contributed by atoms with E-state index in [2.05, 4.69) is 4.72 Å². The van der Waals surface area contributed by atoms with Crippen molar-refractivity contribution < 1.29 is 26.0 Å². The quantitative estimate of drug-likeness (QED) is 0.869. The van der Waals surface area contributed by atoms with E-state index in [-0.39, 0.29) is 21.2 Å². The van der Waals surface area contributed by atoms with Crippen LogP contribution in [-0.2, 0) is 19.9 Å². The fourth-order valence-electron chi connectivity index (χ4n) is 2.03. The molecule has 24 heavy (non-hydrogen) atoms. The van der Waals surface area contributed by atoms with Gasteiger partial charge in [0.25, 0.3) is 10.0 Å². The Kier molecular flexibility index (Phi) is 4.86. The summed E-state index contributed by atoms with van der Waals surface area (Å²) in [6.07, 6.45) is 0.987. The van der Waals surface area contributed by atoms with E-state index in [1.807, 2.05) is 0 Å². The predicted molar refractivity (Wildman–Crippen MR) is 88.0 cm³/mol. The number of hydrogen-bond donors (Lipinski definition) is 1. The minimum atomic E-state index is -4.12. The molecule has 0 atom stereocenters. The monoisotopic (exact) mass is 373 g/mol. The summed E-state index contributed by atoms with van der Waals surface area (Å²) < 4.78 is 69.1. The van der Waals surface area contributed by atoms with Crippen LogP contribution >= 0.6 is 0 Å². The number of anilines is 1. The summed E-state index contributed by atoms with van der Waals surface area (Å²) in [5.41, 5.74) is 0.591. The third kappa shape index (κ3) is 3.85. The number of methoxy groups -OCH3 is 1. The molecule has 0 fully saturated rings. The molecule has 0 amide bonds. The Hall–Kier alpha value is -2.13. The average Bonchev–Trinajstić information content (AvgIpc) is 2.48. The van der Waals surface area contributed by atoms with Gasteiger partial charge in [0, 0.05) is 12.3 Å². The first-order valence-corrected chi connectivity index (χ1v) is 10.1. The second kappa shape index (κ2) is 6.40. The Bertz CT molecular complexity index is 985. The van der Waals surface area contributed by atoms with Crippen LogP contribution in [0.5, 0.6) is 5.75 Å². The van der Waals surface area contributed by atoms with Crippen molar-refractivity contribution in [2.75, 3.05) is 18.1 Å². The standard InChI is InChI=1S/C15H16FNO5S2/c1-10-4-7-13(15(8-10)23(3,18)19)17-24(20,21)11-5-6-12(16)14(9-11)22-2/h4-9,17H,1-3H3. The summed E-state index contributed by atoms with van der Waals surface area (Å²) in [7, 11) is -6.55. The molecule has 0 heterocycles. The van der Waals surface area contributed by atoms with Crippen LogP contribution in [0.15, 0.2) is 46.2 Å². The molecule has 0 aliphatic carbocycles. The molecule has 0 saturated carbocycles. The van der Waals surface area contributed by atoms with Crippen LogP contribution in [0.4, 0.5) is 10.1 Å². The lowest BCUT2D eigenvalue weighted by Gasteiger charge is -2.13. The zero-order valence-electron chi connectivity index (χ0n) is 13.2. The van der Waals surface area contributed by atoms with Gasteiger partial charge in [-0.1, -0.05) is 6.07 Å². The van der Waals surface area contributed by atoms with Crippen LogP contribution in [-0.4, -0.2) is 30.2 Å². The number of benzene rings is 2. The second-order valence-electron chi connectivity index (χ2n) is 5.17. The first-order chi connectivity index (χ1) is 11.0. The van der Waals surface area contributed by atoms with Gasteiger partial charge in [0.15, 0.2) is 21.4 Å². The van der Waals surface area contributed by atoms with E-state index in [0.29, 0.717) is 5.56 Å². The van der Waals surface area contributed by atoms with E-state index in [1.54, 1.807) is 13.0 Å². The number of nitrogens with one attached hydrogen (secondary N) is 1. The number of ether oxygens (including phenoxy) is 1. The maximum absolute atomic E-state index is 13.4. The Morgan fingerprint density at radius 1 is 1.04 bits per heavy atom. The topological polar surface area (TPSA) is 89.5 Å².